The Morgan fingerprint density at radius 3 is 2.58 bits per heavy atom. The summed E-state index contributed by atoms with van der Waals surface area (Å²) in [6.07, 6.45) is 6.46. The molecule has 0 radical (unpaired) electrons. The van der Waals surface area contributed by atoms with Gasteiger partial charge in [-0.15, -0.1) is 6.42 Å². The number of hydrogen-bond donors (Lipinski definition) is 0. The highest BCUT2D eigenvalue weighted by Crippen LogP contribution is 2.19. The van der Waals surface area contributed by atoms with Crippen LogP contribution in [0.1, 0.15) is 26.3 Å². The van der Waals surface area contributed by atoms with Crippen molar-refractivity contribution in [2.75, 3.05) is 6.61 Å². The van der Waals surface area contributed by atoms with Gasteiger partial charge in [-0.1, -0.05) is 18.1 Å². The summed E-state index contributed by atoms with van der Waals surface area (Å²) in [7, 11) is 0. The molecule has 1 unspecified atom stereocenters. The Bertz CT molecular complexity index is 492. The summed E-state index contributed by atoms with van der Waals surface area (Å²) in [5.41, 5.74) is 1.78. The molecule has 0 aromatic heterocycles. The van der Waals surface area contributed by atoms with Crippen LogP contribution in [-0.4, -0.2) is 18.7 Å². The summed E-state index contributed by atoms with van der Waals surface area (Å²) < 4.78 is 10.3. The van der Waals surface area contributed by atoms with E-state index in [1.165, 1.54) is 6.08 Å². The minimum Gasteiger partial charge on any atom is -0.478 e. The third kappa shape index (κ3) is 4.89. The minimum absolute atomic E-state index is 0.262. The van der Waals surface area contributed by atoms with E-state index in [-0.39, 0.29) is 12.1 Å². The Kier molecular flexibility index (Phi) is 5.69. The lowest BCUT2D eigenvalue weighted by atomic mass is 10.1. The maximum Gasteiger partial charge on any atom is 0.331 e. The number of ether oxygens (including phenoxy) is 2. The molecular formula is C16H18O3. The first kappa shape index (κ1) is 14.8. The van der Waals surface area contributed by atoms with Crippen LogP contribution in [0.2, 0.25) is 0 Å². The van der Waals surface area contributed by atoms with E-state index >= 15 is 0 Å². The van der Waals surface area contributed by atoms with Crippen LogP contribution >= 0.6 is 0 Å². The molecule has 0 heterocycles. The van der Waals surface area contributed by atoms with Crippen molar-refractivity contribution in [2.24, 2.45) is 0 Å². The molecule has 0 aliphatic heterocycles. The van der Waals surface area contributed by atoms with Crippen LogP contribution < -0.4 is 4.74 Å². The molecule has 0 aliphatic carbocycles. The van der Waals surface area contributed by atoms with Crippen LogP contribution in [0.25, 0.3) is 5.57 Å². The highest BCUT2D eigenvalue weighted by molar-refractivity contribution is 5.90. The maximum atomic E-state index is 11.3. The summed E-state index contributed by atoms with van der Waals surface area (Å²) in [4.78, 5) is 11.3. The lowest BCUT2D eigenvalue weighted by molar-refractivity contribution is -0.137. The zero-order valence-electron chi connectivity index (χ0n) is 11.5. The van der Waals surface area contributed by atoms with Gasteiger partial charge in [-0.3, -0.25) is 0 Å². The summed E-state index contributed by atoms with van der Waals surface area (Å²) in [6.45, 7) is 5.82. The number of allylic oxidation sites excluding steroid dienone is 1. The number of carbonyl (C=O) groups is 1. The Labute approximate surface area is 114 Å². The van der Waals surface area contributed by atoms with Crippen LogP contribution in [0.4, 0.5) is 0 Å². The van der Waals surface area contributed by atoms with E-state index in [1.54, 1.807) is 13.8 Å². The van der Waals surface area contributed by atoms with E-state index in [0.29, 0.717) is 12.4 Å². The molecule has 0 amide bonds. The highest BCUT2D eigenvalue weighted by Gasteiger charge is 2.03. The van der Waals surface area contributed by atoms with Crippen LogP contribution in [-0.2, 0) is 9.53 Å². The standard InChI is InChI=1S/C16H18O3/c1-5-13(4)19-15-9-7-14(8-10-15)12(3)11-16(17)18-6-2/h1,7-11,13H,6H2,2-4H3/b12-11+. The Balaban J connectivity index is 2.76. The molecule has 3 heteroatoms. The lowest BCUT2D eigenvalue weighted by Gasteiger charge is -2.09. The average Bonchev–Trinajstić information content (AvgIpc) is 2.39. The van der Waals surface area contributed by atoms with E-state index < -0.39 is 0 Å². The Hall–Kier alpha value is -2.21. The van der Waals surface area contributed by atoms with Gasteiger partial charge in [0.15, 0.2) is 6.10 Å². The van der Waals surface area contributed by atoms with Gasteiger partial charge in [-0.25, -0.2) is 4.79 Å². The van der Waals surface area contributed by atoms with Crippen LogP contribution in [0.5, 0.6) is 5.75 Å². The van der Waals surface area contributed by atoms with Crippen LogP contribution in [0.15, 0.2) is 30.3 Å². The molecule has 0 bridgehead atoms. The zero-order chi connectivity index (χ0) is 14.3. The smallest absolute Gasteiger partial charge is 0.331 e. The molecule has 3 nitrogen and oxygen atoms in total. The van der Waals surface area contributed by atoms with E-state index in [2.05, 4.69) is 5.92 Å². The summed E-state index contributed by atoms with van der Waals surface area (Å²) >= 11 is 0. The van der Waals surface area contributed by atoms with Gasteiger partial charge in [-0.05, 0) is 44.0 Å². The summed E-state index contributed by atoms with van der Waals surface area (Å²) in [6, 6.07) is 7.41. The fourth-order valence-electron chi connectivity index (χ4n) is 1.48. The molecule has 1 atom stereocenters. The van der Waals surface area contributed by atoms with Crippen LogP contribution in [0, 0.1) is 12.3 Å². The molecule has 0 saturated heterocycles. The van der Waals surface area contributed by atoms with Crippen molar-refractivity contribution in [1.29, 1.82) is 0 Å². The predicted octanol–water partition coefficient (Wildman–Crippen LogP) is 3.05. The van der Waals surface area contributed by atoms with Gasteiger partial charge in [0.1, 0.15) is 5.75 Å². The van der Waals surface area contributed by atoms with E-state index in [0.717, 1.165) is 11.1 Å². The monoisotopic (exact) mass is 258 g/mol. The van der Waals surface area contributed by atoms with Gasteiger partial charge >= 0.3 is 5.97 Å². The highest BCUT2D eigenvalue weighted by atomic mass is 16.5. The van der Waals surface area contributed by atoms with E-state index in [4.69, 9.17) is 15.9 Å². The molecule has 19 heavy (non-hydrogen) atoms. The number of carbonyl (C=O) groups excluding carboxylic acids is 1. The molecule has 1 aromatic carbocycles. The first-order valence-electron chi connectivity index (χ1n) is 6.15. The molecule has 0 spiro atoms. The molecule has 1 aromatic rings. The number of benzene rings is 1. The second-order valence-electron chi connectivity index (χ2n) is 4.03. The van der Waals surface area contributed by atoms with Crippen molar-refractivity contribution in [3.8, 4) is 18.1 Å². The molecule has 100 valence electrons. The lowest BCUT2D eigenvalue weighted by Crippen LogP contribution is -2.07. The maximum absolute atomic E-state index is 11.3. The van der Waals surface area contributed by atoms with Gasteiger partial charge < -0.3 is 9.47 Å². The second kappa shape index (κ2) is 7.27. The topological polar surface area (TPSA) is 35.5 Å². The van der Waals surface area contributed by atoms with Gasteiger partial charge in [0.25, 0.3) is 0 Å². The number of terminal acetylenes is 1. The molecule has 0 N–H and O–H groups in total. The molecule has 0 fully saturated rings. The second-order valence-corrected chi connectivity index (χ2v) is 4.03. The largest absolute Gasteiger partial charge is 0.478 e. The normalized spacial score (nSPS) is 12.4. The number of rotatable bonds is 5. The van der Waals surface area contributed by atoms with Gasteiger partial charge in [0, 0.05) is 6.08 Å². The fourth-order valence-corrected chi connectivity index (χ4v) is 1.48. The first-order valence-corrected chi connectivity index (χ1v) is 6.15. The molecular weight excluding hydrogens is 240 g/mol. The summed E-state index contributed by atoms with van der Waals surface area (Å²) in [5, 5.41) is 0. The Morgan fingerprint density at radius 2 is 2.05 bits per heavy atom. The fraction of sp³-hybridized carbons (Fsp3) is 0.312. The molecule has 0 saturated carbocycles. The van der Waals surface area contributed by atoms with Crippen molar-refractivity contribution >= 4 is 11.5 Å². The Morgan fingerprint density at radius 1 is 1.42 bits per heavy atom. The minimum atomic E-state index is -0.332. The van der Waals surface area contributed by atoms with Gasteiger partial charge in [0.2, 0.25) is 0 Å². The predicted molar refractivity (Wildman–Crippen MR) is 75.6 cm³/mol. The van der Waals surface area contributed by atoms with Crippen molar-refractivity contribution in [3.63, 3.8) is 0 Å². The zero-order valence-corrected chi connectivity index (χ0v) is 11.5. The van der Waals surface area contributed by atoms with Crippen molar-refractivity contribution in [2.45, 2.75) is 26.9 Å². The molecule has 1 rings (SSSR count). The molecule has 0 aliphatic rings. The van der Waals surface area contributed by atoms with Crippen molar-refractivity contribution < 1.29 is 14.3 Å². The van der Waals surface area contributed by atoms with Crippen LogP contribution in [0.3, 0.4) is 0 Å². The number of hydrogen-bond acceptors (Lipinski definition) is 3. The van der Waals surface area contributed by atoms with Crippen molar-refractivity contribution in [1.82, 2.24) is 0 Å². The summed E-state index contributed by atoms with van der Waals surface area (Å²) in [5.74, 6) is 2.87. The van der Waals surface area contributed by atoms with E-state index in [1.807, 2.05) is 31.2 Å². The van der Waals surface area contributed by atoms with E-state index in [9.17, 15) is 4.79 Å². The van der Waals surface area contributed by atoms with Crippen molar-refractivity contribution in [3.05, 3.63) is 35.9 Å². The van der Waals surface area contributed by atoms with Gasteiger partial charge in [0.05, 0.1) is 6.61 Å². The first-order chi connectivity index (χ1) is 9.06. The SMILES string of the molecule is C#CC(C)Oc1ccc(/C(C)=C/C(=O)OCC)cc1. The third-order valence-corrected chi connectivity index (χ3v) is 2.48. The average molecular weight is 258 g/mol. The number of esters is 1. The third-order valence-electron chi connectivity index (χ3n) is 2.48. The quantitative estimate of drug-likeness (QED) is 0.462. The van der Waals surface area contributed by atoms with Gasteiger partial charge in [-0.2, -0.15) is 0 Å².